The fourth-order valence-electron chi connectivity index (χ4n) is 2.51. The van der Waals surface area contributed by atoms with Gasteiger partial charge in [-0.2, -0.15) is 0 Å². The lowest BCUT2D eigenvalue weighted by Gasteiger charge is -2.37. The van der Waals surface area contributed by atoms with Gasteiger partial charge in [0.15, 0.2) is 5.82 Å². The Labute approximate surface area is 122 Å². The lowest BCUT2D eigenvalue weighted by atomic mass is 9.79. The molecule has 1 saturated carbocycles. The zero-order valence-corrected chi connectivity index (χ0v) is 13.3. The lowest BCUT2D eigenvalue weighted by molar-refractivity contribution is -0.0596. The van der Waals surface area contributed by atoms with Gasteiger partial charge in [0.25, 0.3) is 0 Å². The van der Waals surface area contributed by atoms with Gasteiger partial charge in [-0.1, -0.05) is 6.92 Å². The number of ether oxygens (including phenoxy) is 1. The maximum atomic E-state index is 5.80. The van der Waals surface area contributed by atoms with E-state index in [1.807, 2.05) is 13.2 Å². The van der Waals surface area contributed by atoms with Crippen LogP contribution in [-0.2, 0) is 10.3 Å². The maximum absolute atomic E-state index is 5.80. The van der Waals surface area contributed by atoms with Gasteiger partial charge >= 0.3 is 0 Å². The molecule has 1 heterocycles. The normalized spacial score (nSPS) is 28.1. The summed E-state index contributed by atoms with van der Waals surface area (Å²) in [6.45, 7) is 2.30. The van der Waals surface area contributed by atoms with E-state index in [1.165, 1.54) is 12.8 Å². The minimum atomic E-state index is -0.289. The number of halogens is 1. The minimum absolute atomic E-state index is 0.289. The third kappa shape index (κ3) is 2.61. The molecule has 0 atom stereocenters. The molecule has 1 aromatic heterocycles. The number of nitrogens with zero attached hydrogens (tertiary/aromatic N) is 2. The topological polar surface area (TPSA) is 47.0 Å². The van der Waals surface area contributed by atoms with Crippen LogP contribution in [0.15, 0.2) is 6.20 Å². The molecule has 0 saturated heterocycles. The molecule has 0 radical (unpaired) electrons. The number of aromatic nitrogens is 2. The van der Waals surface area contributed by atoms with E-state index in [4.69, 9.17) is 4.74 Å². The molecule has 1 aliphatic rings. The van der Waals surface area contributed by atoms with Gasteiger partial charge in [0.2, 0.25) is 0 Å². The summed E-state index contributed by atoms with van der Waals surface area (Å²) < 4.78 is 6.83. The molecular formula is C13H20IN3O. The van der Waals surface area contributed by atoms with Gasteiger partial charge in [-0.25, -0.2) is 9.97 Å². The zero-order valence-electron chi connectivity index (χ0n) is 11.2. The quantitative estimate of drug-likeness (QED) is 0.841. The number of rotatable bonds is 3. The van der Waals surface area contributed by atoms with E-state index in [-0.39, 0.29) is 5.60 Å². The molecule has 100 valence electrons. The maximum Gasteiger partial charge on any atom is 0.162 e. The van der Waals surface area contributed by atoms with Gasteiger partial charge in [-0.3, -0.25) is 0 Å². The highest BCUT2D eigenvalue weighted by Gasteiger charge is 2.38. The molecule has 18 heavy (non-hydrogen) atoms. The Hall–Kier alpha value is -0.430. The summed E-state index contributed by atoms with van der Waals surface area (Å²) in [7, 11) is 3.66. The van der Waals surface area contributed by atoms with Crippen molar-refractivity contribution < 1.29 is 4.74 Å². The summed E-state index contributed by atoms with van der Waals surface area (Å²) in [5.74, 6) is 2.48. The summed E-state index contributed by atoms with van der Waals surface area (Å²) in [4.78, 5) is 9.12. The van der Waals surface area contributed by atoms with Gasteiger partial charge in [-0.05, 0) is 54.2 Å². The van der Waals surface area contributed by atoms with Crippen LogP contribution < -0.4 is 5.32 Å². The van der Waals surface area contributed by atoms with Gasteiger partial charge in [-0.15, -0.1) is 0 Å². The van der Waals surface area contributed by atoms with Crippen LogP contribution in [0.5, 0.6) is 0 Å². The smallest absolute Gasteiger partial charge is 0.162 e. The van der Waals surface area contributed by atoms with Crippen LogP contribution in [0.3, 0.4) is 0 Å². The van der Waals surface area contributed by atoms with Crippen molar-refractivity contribution in [1.29, 1.82) is 0 Å². The number of hydrogen-bond acceptors (Lipinski definition) is 4. The molecule has 0 bridgehead atoms. The van der Waals surface area contributed by atoms with Crippen molar-refractivity contribution in [3.8, 4) is 0 Å². The highest BCUT2D eigenvalue weighted by molar-refractivity contribution is 14.1. The van der Waals surface area contributed by atoms with Crippen LogP contribution in [0.2, 0.25) is 0 Å². The molecule has 5 heteroatoms. The highest BCUT2D eigenvalue weighted by Crippen LogP contribution is 2.40. The van der Waals surface area contributed by atoms with E-state index >= 15 is 0 Å². The Kier molecular flexibility index (Phi) is 4.42. The van der Waals surface area contributed by atoms with Gasteiger partial charge < -0.3 is 10.1 Å². The second kappa shape index (κ2) is 5.69. The summed E-state index contributed by atoms with van der Waals surface area (Å²) >= 11 is 2.24. The monoisotopic (exact) mass is 361 g/mol. The highest BCUT2D eigenvalue weighted by atomic mass is 127. The summed E-state index contributed by atoms with van der Waals surface area (Å²) in [6.07, 6.45) is 6.24. The Morgan fingerprint density at radius 2 is 2.11 bits per heavy atom. The van der Waals surface area contributed by atoms with Crippen molar-refractivity contribution in [3.63, 3.8) is 0 Å². The minimum Gasteiger partial charge on any atom is -0.372 e. The fourth-order valence-corrected chi connectivity index (χ4v) is 3.04. The summed E-state index contributed by atoms with van der Waals surface area (Å²) in [6, 6.07) is 0. The number of nitrogens with one attached hydrogen (secondary N) is 1. The van der Waals surface area contributed by atoms with Crippen LogP contribution in [0.1, 0.15) is 38.4 Å². The number of anilines is 1. The zero-order chi connectivity index (χ0) is 13.2. The standard InChI is InChI=1S/C13H20IN3O/c1-9-4-6-13(18-3,7-5-9)12-16-8-10(14)11(15-2)17-12/h8-9H,4-7H2,1-3H3,(H,15,16,17). The van der Waals surface area contributed by atoms with Crippen LogP contribution in [0, 0.1) is 9.49 Å². The van der Waals surface area contributed by atoms with Crippen molar-refractivity contribution in [2.24, 2.45) is 5.92 Å². The summed E-state index contributed by atoms with van der Waals surface area (Å²) in [5.41, 5.74) is -0.289. The predicted molar refractivity (Wildman–Crippen MR) is 80.6 cm³/mol. The Morgan fingerprint density at radius 3 is 2.67 bits per heavy atom. The van der Waals surface area contributed by atoms with Gasteiger partial charge in [0.1, 0.15) is 11.4 Å². The third-order valence-corrected chi connectivity index (χ3v) is 4.65. The first kappa shape index (κ1) is 14.0. The Morgan fingerprint density at radius 1 is 1.44 bits per heavy atom. The molecule has 1 fully saturated rings. The first-order chi connectivity index (χ1) is 8.61. The van der Waals surface area contributed by atoms with E-state index in [2.05, 4.69) is 44.8 Å². The predicted octanol–water partition coefficient (Wildman–Crippen LogP) is 3.17. The Balaban J connectivity index is 2.32. The van der Waals surface area contributed by atoms with E-state index < -0.39 is 0 Å². The van der Waals surface area contributed by atoms with Crippen molar-refractivity contribution >= 4 is 28.4 Å². The average Bonchev–Trinajstić information content (AvgIpc) is 2.41. The van der Waals surface area contributed by atoms with Gasteiger partial charge in [0, 0.05) is 20.4 Å². The SMILES string of the molecule is CNc1nc(C2(OC)CCC(C)CC2)ncc1I. The Bertz CT molecular complexity index is 417. The van der Waals surface area contributed by atoms with E-state index in [9.17, 15) is 0 Å². The fraction of sp³-hybridized carbons (Fsp3) is 0.692. The van der Waals surface area contributed by atoms with Crippen molar-refractivity contribution in [2.45, 2.75) is 38.2 Å². The molecule has 1 N–H and O–H groups in total. The molecule has 0 spiro atoms. The third-order valence-electron chi connectivity index (χ3n) is 3.86. The van der Waals surface area contributed by atoms with E-state index in [1.54, 1.807) is 7.11 Å². The second-order valence-electron chi connectivity index (χ2n) is 5.02. The first-order valence-electron chi connectivity index (χ1n) is 6.37. The largest absolute Gasteiger partial charge is 0.372 e. The molecule has 0 aliphatic heterocycles. The van der Waals surface area contributed by atoms with E-state index in [0.717, 1.165) is 34.0 Å². The van der Waals surface area contributed by atoms with Crippen LogP contribution in [-0.4, -0.2) is 24.1 Å². The van der Waals surface area contributed by atoms with Gasteiger partial charge in [0.05, 0.1) is 3.57 Å². The number of hydrogen-bond donors (Lipinski definition) is 1. The molecule has 0 aromatic carbocycles. The van der Waals surface area contributed by atoms with Crippen LogP contribution in [0.4, 0.5) is 5.82 Å². The van der Waals surface area contributed by atoms with Crippen molar-refractivity contribution in [1.82, 2.24) is 9.97 Å². The van der Waals surface area contributed by atoms with E-state index in [0.29, 0.717) is 0 Å². The molecule has 0 unspecified atom stereocenters. The summed E-state index contributed by atoms with van der Waals surface area (Å²) in [5, 5.41) is 3.11. The molecule has 2 rings (SSSR count). The number of methoxy groups -OCH3 is 1. The molecule has 0 amide bonds. The van der Waals surface area contributed by atoms with Crippen molar-refractivity contribution in [3.05, 3.63) is 15.6 Å². The van der Waals surface area contributed by atoms with Crippen LogP contribution >= 0.6 is 22.6 Å². The lowest BCUT2D eigenvalue weighted by Crippen LogP contribution is -2.35. The molecule has 4 nitrogen and oxygen atoms in total. The second-order valence-corrected chi connectivity index (χ2v) is 6.18. The molecule has 1 aromatic rings. The first-order valence-corrected chi connectivity index (χ1v) is 7.45. The van der Waals surface area contributed by atoms with Crippen LogP contribution in [0.25, 0.3) is 0 Å². The molecular weight excluding hydrogens is 341 g/mol. The van der Waals surface area contributed by atoms with Crippen molar-refractivity contribution in [2.75, 3.05) is 19.5 Å². The molecule has 1 aliphatic carbocycles. The average molecular weight is 361 g/mol.